The first kappa shape index (κ1) is 6.54. The van der Waals surface area contributed by atoms with Crippen LogP contribution >= 0.6 is 0 Å². The Labute approximate surface area is 43.6 Å². The predicted octanol–water partition coefficient (Wildman–Crippen LogP) is -0.136. The molecular formula is C2H3NO5. The highest BCUT2D eigenvalue weighted by Crippen LogP contribution is 1.66. The molecule has 0 aromatic carbocycles. The minimum atomic E-state index is -1.69. The fourth-order valence-corrected chi connectivity index (χ4v) is 0.0873. The van der Waals surface area contributed by atoms with Crippen LogP contribution in [0, 0.1) is 0 Å². The van der Waals surface area contributed by atoms with Crippen LogP contribution in [0.2, 0.25) is 0 Å². The molecule has 6 heteroatoms. The van der Waals surface area contributed by atoms with Gasteiger partial charge in [-0.25, -0.2) is 9.59 Å². The molecule has 3 N–H and O–H groups in total. The van der Waals surface area contributed by atoms with E-state index in [9.17, 15) is 9.59 Å². The number of rotatable bonds is 0. The molecule has 46 valence electrons. The lowest BCUT2D eigenvalue weighted by Gasteiger charge is -1.92. The van der Waals surface area contributed by atoms with Gasteiger partial charge in [-0.2, -0.15) is 0 Å². The number of hydrogen-bond donors (Lipinski definition) is 3. The molecule has 1 amide bonds. The van der Waals surface area contributed by atoms with Gasteiger partial charge in [0, 0.05) is 0 Å². The van der Waals surface area contributed by atoms with Crippen LogP contribution in [-0.2, 0) is 4.84 Å². The zero-order valence-electron chi connectivity index (χ0n) is 3.62. The summed E-state index contributed by atoms with van der Waals surface area (Å²) in [6.07, 6.45) is -3.24. The van der Waals surface area contributed by atoms with Gasteiger partial charge in [0.2, 0.25) is 0 Å². The molecule has 0 fully saturated rings. The van der Waals surface area contributed by atoms with Gasteiger partial charge in [0.15, 0.2) is 0 Å². The van der Waals surface area contributed by atoms with E-state index in [1.807, 2.05) is 0 Å². The summed E-state index contributed by atoms with van der Waals surface area (Å²) in [5.74, 6) is 0. The first-order valence-electron chi connectivity index (χ1n) is 1.51. The van der Waals surface area contributed by atoms with Crippen LogP contribution in [-0.4, -0.2) is 22.5 Å². The van der Waals surface area contributed by atoms with Crippen molar-refractivity contribution in [2.24, 2.45) is 0 Å². The fourth-order valence-electron chi connectivity index (χ4n) is 0.0873. The Bertz CT molecular complexity index is 95.0. The Hall–Kier alpha value is -1.46. The van der Waals surface area contributed by atoms with E-state index >= 15 is 0 Å². The number of hydrogen-bond acceptors (Lipinski definition) is 3. The zero-order chi connectivity index (χ0) is 6.57. The van der Waals surface area contributed by atoms with Gasteiger partial charge < -0.3 is 15.1 Å². The first-order chi connectivity index (χ1) is 3.63. The normalized spacial score (nSPS) is 7.50. The van der Waals surface area contributed by atoms with Crippen molar-refractivity contribution in [2.75, 3.05) is 0 Å². The van der Waals surface area contributed by atoms with Crippen molar-refractivity contribution in [3.05, 3.63) is 0 Å². The van der Waals surface area contributed by atoms with Crippen LogP contribution in [0.3, 0.4) is 0 Å². The molecule has 0 saturated carbocycles. The van der Waals surface area contributed by atoms with E-state index in [-0.39, 0.29) is 0 Å². The van der Waals surface area contributed by atoms with Crippen LogP contribution in [0.25, 0.3) is 0 Å². The Balaban J connectivity index is 3.18. The van der Waals surface area contributed by atoms with E-state index in [4.69, 9.17) is 10.2 Å². The Morgan fingerprint density at radius 1 is 1.38 bits per heavy atom. The molecule has 0 aromatic heterocycles. The van der Waals surface area contributed by atoms with Crippen LogP contribution in [0.4, 0.5) is 9.59 Å². The molecule has 0 rings (SSSR count). The molecule has 0 spiro atoms. The van der Waals surface area contributed by atoms with Crippen molar-refractivity contribution >= 4 is 12.2 Å². The molecule has 0 saturated heterocycles. The monoisotopic (exact) mass is 121 g/mol. The second kappa shape index (κ2) is 2.67. The zero-order valence-corrected chi connectivity index (χ0v) is 3.62. The van der Waals surface area contributed by atoms with Crippen molar-refractivity contribution < 1.29 is 24.6 Å². The summed E-state index contributed by atoms with van der Waals surface area (Å²) in [4.78, 5) is 22.1. The molecule has 6 nitrogen and oxygen atoms in total. The molecule has 0 aliphatic heterocycles. The lowest BCUT2D eigenvalue weighted by atomic mass is 11.3. The SMILES string of the molecule is O=C(O)NOC(=O)O. The van der Waals surface area contributed by atoms with Crippen LogP contribution in [0.5, 0.6) is 0 Å². The molecular weight excluding hydrogens is 118 g/mol. The fraction of sp³-hybridized carbons (Fsp3) is 0. The summed E-state index contributed by atoms with van der Waals surface area (Å²) in [6, 6.07) is 0. The lowest BCUT2D eigenvalue weighted by Crippen LogP contribution is -2.23. The average molecular weight is 121 g/mol. The van der Waals surface area contributed by atoms with Gasteiger partial charge in [-0.15, -0.1) is 5.48 Å². The summed E-state index contributed by atoms with van der Waals surface area (Å²) >= 11 is 0. The molecule has 0 bridgehead atoms. The molecule has 0 aliphatic rings. The third kappa shape index (κ3) is 4.54. The minimum Gasteiger partial charge on any atom is -0.463 e. The number of amides is 1. The average Bonchev–Trinajstić information content (AvgIpc) is 1.61. The van der Waals surface area contributed by atoms with Gasteiger partial charge in [0.1, 0.15) is 0 Å². The van der Waals surface area contributed by atoms with Crippen LogP contribution in [0.1, 0.15) is 0 Å². The summed E-state index contributed by atoms with van der Waals surface area (Å²) in [5.41, 5.74) is 1.16. The van der Waals surface area contributed by atoms with Crippen molar-refractivity contribution in [1.29, 1.82) is 0 Å². The first-order valence-corrected chi connectivity index (χ1v) is 1.51. The highest BCUT2D eigenvalue weighted by atomic mass is 16.8. The molecule has 0 heterocycles. The molecule has 8 heavy (non-hydrogen) atoms. The Morgan fingerprint density at radius 3 is 2.00 bits per heavy atom. The van der Waals surface area contributed by atoms with Gasteiger partial charge in [-0.3, -0.25) is 0 Å². The minimum absolute atomic E-state index is 1.16. The largest absolute Gasteiger partial charge is 0.530 e. The third-order valence-electron chi connectivity index (χ3n) is 0.226. The maximum atomic E-state index is 9.40. The molecule has 0 atom stereocenters. The Morgan fingerprint density at radius 2 is 1.88 bits per heavy atom. The number of nitrogens with one attached hydrogen (secondary N) is 1. The quantitative estimate of drug-likeness (QED) is 0.387. The van der Waals surface area contributed by atoms with Gasteiger partial charge in [0.25, 0.3) is 0 Å². The Kier molecular flexibility index (Phi) is 2.18. The van der Waals surface area contributed by atoms with Crippen molar-refractivity contribution in [3.63, 3.8) is 0 Å². The number of hydroxylamine groups is 1. The molecule has 0 unspecified atom stereocenters. The highest BCUT2D eigenvalue weighted by molar-refractivity contribution is 5.66. The maximum Gasteiger partial charge on any atom is 0.530 e. The van der Waals surface area contributed by atoms with Crippen molar-refractivity contribution in [1.82, 2.24) is 5.48 Å². The van der Waals surface area contributed by atoms with Crippen molar-refractivity contribution in [2.45, 2.75) is 0 Å². The number of carboxylic acid groups (broad SMARTS) is 2. The topological polar surface area (TPSA) is 95.9 Å². The van der Waals surface area contributed by atoms with E-state index in [2.05, 4.69) is 4.84 Å². The smallest absolute Gasteiger partial charge is 0.463 e. The highest BCUT2D eigenvalue weighted by Gasteiger charge is 1.97. The van der Waals surface area contributed by atoms with Crippen molar-refractivity contribution in [3.8, 4) is 0 Å². The van der Waals surface area contributed by atoms with Gasteiger partial charge in [0.05, 0.1) is 0 Å². The van der Waals surface area contributed by atoms with Gasteiger partial charge in [-0.1, -0.05) is 0 Å². The molecule has 0 aromatic rings. The van der Waals surface area contributed by atoms with E-state index < -0.39 is 12.2 Å². The summed E-state index contributed by atoms with van der Waals surface area (Å²) in [7, 11) is 0. The summed E-state index contributed by atoms with van der Waals surface area (Å²) in [6.45, 7) is 0. The third-order valence-corrected chi connectivity index (χ3v) is 0.226. The summed E-state index contributed by atoms with van der Waals surface area (Å²) in [5, 5.41) is 15.3. The maximum absolute atomic E-state index is 9.40. The van der Waals surface area contributed by atoms with Gasteiger partial charge >= 0.3 is 12.2 Å². The summed E-state index contributed by atoms with van der Waals surface area (Å²) < 4.78 is 0. The van der Waals surface area contributed by atoms with Gasteiger partial charge in [-0.05, 0) is 0 Å². The van der Waals surface area contributed by atoms with E-state index in [1.54, 1.807) is 0 Å². The second-order valence-electron chi connectivity index (χ2n) is 0.775. The van der Waals surface area contributed by atoms with E-state index in [0.717, 1.165) is 5.48 Å². The second-order valence-corrected chi connectivity index (χ2v) is 0.775. The van der Waals surface area contributed by atoms with E-state index in [0.29, 0.717) is 0 Å². The van der Waals surface area contributed by atoms with Crippen LogP contribution < -0.4 is 5.48 Å². The lowest BCUT2D eigenvalue weighted by molar-refractivity contribution is 0.0439. The predicted molar refractivity (Wildman–Crippen MR) is 20.3 cm³/mol. The molecule has 0 aliphatic carbocycles. The van der Waals surface area contributed by atoms with Crippen LogP contribution in [0.15, 0.2) is 0 Å². The molecule has 0 radical (unpaired) electrons. The number of carbonyl (C=O) groups is 2. The van der Waals surface area contributed by atoms with E-state index in [1.165, 1.54) is 0 Å². The standard InChI is InChI=1S/C2H3NO5/c4-1(5)3-8-2(6)7/h3H,(H,4,5)(H,6,7).